The first-order chi connectivity index (χ1) is 17.6. The van der Waals surface area contributed by atoms with Gasteiger partial charge in [0.15, 0.2) is 0 Å². The smallest absolute Gasteiger partial charge is 0.327 e. The molecule has 2 rings (SSSR count). The molecule has 0 saturated heterocycles. The zero-order chi connectivity index (χ0) is 27.4. The predicted molar refractivity (Wildman–Crippen MR) is 138 cm³/mol. The average Bonchev–Trinajstić information content (AvgIpc) is 2.86. The normalized spacial score (nSPS) is 13.9. The molecule has 0 aliphatic heterocycles. The van der Waals surface area contributed by atoms with Crippen molar-refractivity contribution in [1.29, 1.82) is 0 Å². The number of benzene rings is 2. The molecule has 3 amide bonds. The quantitative estimate of drug-likeness (QED) is 0.163. The fraction of sp³-hybridized carbons (Fsp3) is 0.320. The number of hydrogen-bond acceptors (Lipinski definition) is 7. The van der Waals surface area contributed by atoms with Gasteiger partial charge in [0, 0.05) is 18.6 Å². The van der Waals surface area contributed by atoms with Crippen molar-refractivity contribution in [2.75, 3.05) is 5.75 Å². The van der Waals surface area contributed by atoms with Crippen molar-refractivity contribution in [3.8, 4) is 0 Å². The van der Waals surface area contributed by atoms with Crippen molar-refractivity contribution in [2.45, 2.75) is 43.4 Å². The molecular weight excluding hydrogens is 500 g/mol. The van der Waals surface area contributed by atoms with Gasteiger partial charge in [-0.05, 0) is 11.1 Å². The zero-order valence-corrected chi connectivity index (χ0v) is 20.8. The number of thiol groups is 1. The largest absolute Gasteiger partial charge is 0.481 e. The van der Waals surface area contributed by atoms with Crippen molar-refractivity contribution < 1.29 is 34.2 Å². The van der Waals surface area contributed by atoms with E-state index < -0.39 is 60.2 Å². The molecule has 0 aliphatic carbocycles. The first-order valence-electron chi connectivity index (χ1n) is 11.4. The van der Waals surface area contributed by atoms with Crippen LogP contribution in [0.15, 0.2) is 60.7 Å². The maximum Gasteiger partial charge on any atom is 0.327 e. The maximum atomic E-state index is 13.3. The lowest BCUT2D eigenvalue weighted by Crippen LogP contribution is -2.58. The Labute approximate surface area is 219 Å². The third-order valence-corrected chi connectivity index (χ3v) is 5.72. The highest BCUT2D eigenvalue weighted by Gasteiger charge is 2.30. The van der Waals surface area contributed by atoms with E-state index in [1.165, 1.54) is 0 Å². The Hall–Kier alpha value is -3.90. The average molecular weight is 531 g/mol. The van der Waals surface area contributed by atoms with E-state index in [4.69, 9.17) is 10.8 Å². The number of carbonyl (C=O) groups excluding carboxylic acids is 3. The third-order valence-electron chi connectivity index (χ3n) is 5.36. The predicted octanol–water partition coefficient (Wildman–Crippen LogP) is -0.257. The van der Waals surface area contributed by atoms with Gasteiger partial charge in [0.1, 0.15) is 18.1 Å². The molecule has 0 radical (unpaired) electrons. The van der Waals surface area contributed by atoms with Crippen molar-refractivity contribution in [1.82, 2.24) is 16.0 Å². The number of aliphatic carboxylic acids is 2. The van der Waals surface area contributed by atoms with Crippen LogP contribution in [-0.2, 0) is 36.8 Å². The molecule has 37 heavy (non-hydrogen) atoms. The van der Waals surface area contributed by atoms with Gasteiger partial charge in [0.25, 0.3) is 0 Å². The van der Waals surface area contributed by atoms with Gasteiger partial charge in [-0.25, -0.2) is 4.79 Å². The van der Waals surface area contributed by atoms with Gasteiger partial charge in [-0.3, -0.25) is 19.2 Å². The van der Waals surface area contributed by atoms with Gasteiger partial charge in [-0.2, -0.15) is 12.6 Å². The fourth-order valence-corrected chi connectivity index (χ4v) is 3.66. The van der Waals surface area contributed by atoms with E-state index >= 15 is 0 Å². The molecule has 11 nitrogen and oxygen atoms in total. The first-order valence-corrected chi connectivity index (χ1v) is 12.0. The van der Waals surface area contributed by atoms with E-state index in [0.717, 1.165) is 0 Å². The van der Waals surface area contributed by atoms with E-state index in [0.29, 0.717) is 11.1 Å². The van der Waals surface area contributed by atoms with Crippen LogP contribution in [0, 0.1) is 0 Å². The molecule has 2 aromatic carbocycles. The molecule has 2 aromatic rings. The van der Waals surface area contributed by atoms with Crippen LogP contribution in [0.4, 0.5) is 0 Å². The standard InChI is InChI=1S/C25H30N4O7S/c26-17(13-21(30)31)22(32)27-18(11-15-7-3-1-4-8-15)23(33)28-19(12-16-9-5-2-6-10-16)24(34)29-20(14-37)25(35)36/h1-10,17-20,37H,11-14,26H2,(H,27,32)(H,28,33)(H,29,34)(H,30,31)(H,35,36). The van der Waals surface area contributed by atoms with Crippen LogP contribution >= 0.6 is 12.6 Å². The summed E-state index contributed by atoms with van der Waals surface area (Å²) in [4.78, 5) is 61.2. The van der Waals surface area contributed by atoms with Crippen LogP contribution < -0.4 is 21.7 Å². The topological polar surface area (TPSA) is 188 Å². The van der Waals surface area contributed by atoms with E-state index in [1.807, 2.05) is 0 Å². The lowest BCUT2D eigenvalue weighted by atomic mass is 10.0. The van der Waals surface area contributed by atoms with E-state index in [9.17, 15) is 29.1 Å². The van der Waals surface area contributed by atoms with Crippen LogP contribution in [0.1, 0.15) is 17.5 Å². The Morgan fingerprint density at radius 1 is 0.703 bits per heavy atom. The number of carboxylic acid groups (broad SMARTS) is 2. The molecule has 0 bridgehead atoms. The number of carbonyl (C=O) groups is 5. The molecule has 12 heteroatoms. The van der Waals surface area contributed by atoms with Crippen molar-refractivity contribution >= 4 is 42.3 Å². The Balaban J connectivity index is 2.28. The Bertz CT molecular complexity index is 1080. The van der Waals surface area contributed by atoms with Crippen LogP contribution in [0.25, 0.3) is 0 Å². The summed E-state index contributed by atoms with van der Waals surface area (Å²) in [6, 6.07) is 12.5. The molecule has 0 aliphatic rings. The number of rotatable bonds is 14. The zero-order valence-electron chi connectivity index (χ0n) is 19.9. The summed E-state index contributed by atoms with van der Waals surface area (Å²) in [6.45, 7) is 0. The minimum absolute atomic E-state index is 0.0340. The second-order valence-electron chi connectivity index (χ2n) is 8.29. The fourth-order valence-electron chi connectivity index (χ4n) is 3.41. The Morgan fingerprint density at radius 3 is 1.49 bits per heavy atom. The van der Waals surface area contributed by atoms with Crippen LogP contribution in [0.3, 0.4) is 0 Å². The van der Waals surface area contributed by atoms with Gasteiger partial charge in [-0.15, -0.1) is 0 Å². The number of carboxylic acids is 2. The van der Waals surface area contributed by atoms with Gasteiger partial charge < -0.3 is 31.9 Å². The minimum atomic E-state index is -1.39. The maximum absolute atomic E-state index is 13.3. The van der Waals surface area contributed by atoms with Gasteiger partial charge in [-0.1, -0.05) is 60.7 Å². The molecule has 7 N–H and O–H groups in total. The SMILES string of the molecule is NC(CC(=O)O)C(=O)NC(Cc1ccccc1)C(=O)NC(Cc1ccccc1)C(=O)NC(CS)C(=O)O. The number of hydrogen-bond donors (Lipinski definition) is 7. The summed E-state index contributed by atoms with van der Waals surface area (Å²) in [5.74, 6) is -5.04. The highest BCUT2D eigenvalue weighted by atomic mass is 32.1. The summed E-state index contributed by atoms with van der Waals surface area (Å²) in [5, 5.41) is 25.6. The number of amides is 3. The summed E-state index contributed by atoms with van der Waals surface area (Å²) in [7, 11) is 0. The Kier molecular flexibility index (Phi) is 11.6. The van der Waals surface area contributed by atoms with Crippen LogP contribution in [0.5, 0.6) is 0 Å². The van der Waals surface area contributed by atoms with E-state index in [-0.39, 0.29) is 18.6 Å². The van der Waals surface area contributed by atoms with E-state index in [2.05, 4.69) is 28.6 Å². The molecule has 198 valence electrons. The second kappa shape index (κ2) is 14.6. The monoisotopic (exact) mass is 530 g/mol. The molecule has 4 unspecified atom stereocenters. The van der Waals surface area contributed by atoms with Crippen molar-refractivity contribution in [2.24, 2.45) is 5.73 Å². The van der Waals surface area contributed by atoms with Crippen LogP contribution in [0.2, 0.25) is 0 Å². The summed E-state index contributed by atoms with van der Waals surface area (Å²) in [5.41, 5.74) is 7.05. The minimum Gasteiger partial charge on any atom is -0.481 e. The third kappa shape index (κ3) is 9.94. The van der Waals surface area contributed by atoms with Crippen molar-refractivity contribution in [3.05, 3.63) is 71.8 Å². The Morgan fingerprint density at radius 2 is 1.11 bits per heavy atom. The highest BCUT2D eigenvalue weighted by molar-refractivity contribution is 7.80. The highest BCUT2D eigenvalue weighted by Crippen LogP contribution is 2.08. The van der Waals surface area contributed by atoms with Crippen molar-refractivity contribution in [3.63, 3.8) is 0 Å². The molecule has 0 aromatic heterocycles. The van der Waals surface area contributed by atoms with Gasteiger partial charge >= 0.3 is 11.9 Å². The first kappa shape index (κ1) is 29.3. The van der Waals surface area contributed by atoms with Gasteiger partial charge in [0.2, 0.25) is 17.7 Å². The number of nitrogens with two attached hydrogens (primary N) is 1. The van der Waals surface area contributed by atoms with Crippen LogP contribution in [-0.4, -0.2) is 69.8 Å². The molecule has 4 atom stereocenters. The molecule has 0 fully saturated rings. The number of nitrogens with one attached hydrogen (secondary N) is 3. The molecule has 0 spiro atoms. The summed E-state index contributed by atoms with van der Waals surface area (Å²) >= 11 is 3.95. The molecule has 0 heterocycles. The molecule has 0 saturated carbocycles. The van der Waals surface area contributed by atoms with E-state index in [1.54, 1.807) is 60.7 Å². The lowest BCUT2D eigenvalue weighted by molar-refractivity contribution is -0.141. The van der Waals surface area contributed by atoms with Gasteiger partial charge in [0.05, 0.1) is 12.5 Å². The summed E-state index contributed by atoms with van der Waals surface area (Å²) in [6.07, 6.45) is -0.557. The molecular formula is C25H30N4O7S. The summed E-state index contributed by atoms with van der Waals surface area (Å²) < 4.78 is 0. The second-order valence-corrected chi connectivity index (χ2v) is 8.65. The lowest BCUT2D eigenvalue weighted by Gasteiger charge is -2.25.